The summed E-state index contributed by atoms with van der Waals surface area (Å²) >= 11 is 0. The lowest BCUT2D eigenvalue weighted by atomic mass is 10.1. The Labute approximate surface area is 223 Å². The van der Waals surface area contributed by atoms with Crippen molar-refractivity contribution < 1.29 is 4.74 Å². The summed E-state index contributed by atoms with van der Waals surface area (Å²) < 4.78 is 5.44. The summed E-state index contributed by atoms with van der Waals surface area (Å²) in [4.78, 5) is 6.68. The van der Waals surface area contributed by atoms with Crippen LogP contribution in [0.4, 0.5) is 22.9 Å². The van der Waals surface area contributed by atoms with Crippen LogP contribution < -0.4 is 20.3 Å². The molecule has 0 saturated heterocycles. The number of anilines is 4. The van der Waals surface area contributed by atoms with Gasteiger partial charge in [-0.05, 0) is 74.5 Å². The molecule has 1 aromatic heterocycles. The van der Waals surface area contributed by atoms with Crippen LogP contribution in [-0.2, 0) is 6.54 Å². The molecule has 0 spiro atoms. The number of ether oxygens (including phenoxy) is 1. The van der Waals surface area contributed by atoms with Crippen molar-refractivity contribution in [2.24, 2.45) is 0 Å². The number of hydrogen-bond donors (Lipinski definition) is 3. The van der Waals surface area contributed by atoms with E-state index in [4.69, 9.17) is 15.1 Å². The van der Waals surface area contributed by atoms with Gasteiger partial charge < -0.3 is 15.4 Å². The standard InChI is InChI=1S/C32H31N5O/c1-22-8-14-27(15-9-22)37(28-16-10-23(2)11-17-28)32(33)35-26-13-18-29-24(20-26)12-19-31(36-29)34-21-25-6-4-5-7-30(25)38-3/h4-20H,21H2,1-3H3,(H2,33,35)(H,34,36). The van der Waals surface area contributed by atoms with Crippen LogP contribution >= 0.6 is 0 Å². The Morgan fingerprint density at radius 1 is 0.816 bits per heavy atom. The van der Waals surface area contributed by atoms with Gasteiger partial charge in [-0.2, -0.15) is 0 Å². The molecule has 5 aromatic rings. The molecule has 0 fully saturated rings. The van der Waals surface area contributed by atoms with E-state index in [1.807, 2.05) is 83.8 Å². The van der Waals surface area contributed by atoms with Crippen LogP contribution in [0.5, 0.6) is 5.75 Å². The van der Waals surface area contributed by atoms with Gasteiger partial charge in [-0.3, -0.25) is 10.3 Å². The lowest BCUT2D eigenvalue weighted by molar-refractivity contribution is 0.410. The molecule has 0 aliphatic rings. The Morgan fingerprint density at radius 3 is 2.13 bits per heavy atom. The molecule has 0 radical (unpaired) electrons. The highest BCUT2D eigenvalue weighted by Gasteiger charge is 2.15. The normalized spacial score (nSPS) is 10.7. The molecule has 190 valence electrons. The van der Waals surface area contributed by atoms with Gasteiger partial charge >= 0.3 is 0 Å². The fourth-order valence-corrected chi connectivity index (χ4v) is 4.32. The summed E-state index contributed by atoms with van der Waals surface area (Å²) in [6.45, 7) is 4.74. The smallest absolute Gasteiger partial charge is 0.204 e. The van der Waals surface area contributed by atoms with Crippen molar-refractivity contribution in [1.29, 1.82) is 5.41 Å². The number of methoxy groups -OCH3 is 1. The van der Waals surface area contributed by atoms with Gasteiger partial charge in [0.2, 0.25) is 5.96 Å². The number of pyridine rings is 1. The molecule has 5 rings (SSSR count). The molecule has 0 bridgehead atoms. The first kappa shape index (κ1) is 24.8. The van der Waals surface area contributed by atoms with Gasteiger partial charge in [0.05, 0.1) is 12.6 Å². The second-order valence-electron chi connectivity index (χ2n) is 9.25. The van der Waals surface area contributed by atoms with E-state index in [-0.39, 0.29) is 5.96 Å². The van der Waals surface area contributed by atoms with E-state index in [1.54, 1.807) is 7.11 Å². The molecule has 0 saturated carbocycles. The SMILES string of the molecule is COc1ccccc1CNc1ccc2cc(NC(=N)N(c3ccc(C)cc3)c3ccc(C)cc3)ccc2n1. The van der Waals surface area contributed by atoms with Crippen LogP contribution in [0.25, 0.3) is 10.9 Å². The number of nitrogens with zero attached hydrogens (tertiary/aromatic N) is 2. The zero-order chi connectivity index (χ0) is 26.5. The summed E-state index contributed by atoms with van der Waals surface area (Å²) in [5.41, 5.74) is 6.97. The maximum atomic E-state index is 8.96. The monoisotopic (exact) mass is 501 g/mol. The zero-order valence-corrected chi connectivity index (χ0v) is 21.8. The lowest BCUT2D eigenvalue weighted by Gasteiger charge is -2.26. The van der Waals surface area contributed by atoms with Gasteiger partial charge in [0.25, 0.3) is 0 Å². The van der Waals surface area contributed by atoms with Crippen LogP contribution in [0.2, 0.25) is 0 Å². The van der Waals surface area contributed by atoms with Gasteiger partial charge in [0, 0.05) is 34.6 Å². The molecule has 3 N–H and O–H groups in total. The second-order valence-corrected chi connectivity index (χ2v) is 9.25. The largest absolute Gasteiger partial charge is 0.496 e. The van der Waals surface area contributed by atoms with Gasteiger partial charge in [-0.15, -0.1) is 0 Å². The Balaban J connectivity index is 1.35. The van der Waals surface area contributed by atoms with E-state index in [0.717, 1.165) is 45.1 Å². The summed E-state index contributed by atoms with van der Waals surface area (Å²) in [6.07, 6.45) is 0. The summed E-state index contributed by atoms with van der Waals surface area (Å²) in [5, 5.41) is 16.6. The van der Waals surface area contributed by atoms with Crippen molar-refractivity contribution in [2.45, 2.75) is 20.4 Å². The third-order valence-corrected chi connectivity index (χ3v) is 6.41. The fourth-order valence-electron chi connectivity index (χ4n) is 4.32. The first-order chi connectivity index (χ1) is 18.5. The third-order valence-electron chi connectivity index (χ3n) is 6.41. The quantitative estimate of drug-likeness (QED) is 0.158. The van der Waals surface area contributed by atoms with Gasteiger partial charge in [-0.1, -0.05) is 53.6 Å². The predicted octanol–water partition coefficient (Wildman–Crippen LogP) is 7.66. The Hall–Kier alpha value is -4.84. The molecule has 0 aliphatic carbocycles. The van der Waals surface area contributed by atoms with Crippen molar-refractivity contribution in [2.75, 3.05) is 22.6 Å². The van der Waals surface area contributed by atoms with E-state index in [2.05, 4.69) is 48.7 Å². The maximum Gasteiger partial charge on any atom is 0.204 e. The number of rotatable bonds is 7. The van der Waals surface area contributed by atoms with E-state index >= 15 is 0 Å². The molecule has 0 aliphatic heterocycles. The highest BCUT2D eigenvalue weighted by Crippen LogP contribution is 2.28. The Morgan fingerprint density at radius 2 is 1.47 bits per heavy atom. The molecule has 6 heteroatoms. The van der Waals surface area contributed by atoms with Crippen LogP contribution in [-0.4, -0.2) is 18.1 Å². The number of aromatic nitrogens is 1. The molecule has 0 amide bonds. The number of para-hydroxylation sites is 1. The van der Waals surface area contributed by atoms with E-state index in [0.29, 0.717) is 6.54 Å². The summed E-state index contributed by atoms with van der Waals surface area (Å²) in [7, 11) is 1.68. The number of hydrogen-bond acceptors (Lipinski definition) is 4. The van der Waals surface area contributed by atoms with Crippen molar-refractivity contribution in [3.05, 3.63) is 120 Å². The molecule has 4 aromatic carbocycles. The molecule has 1 heterocycles. The van der Waals surface area contributed by atoms with Crippen LogP contribution in [0.3, 0.4) is 0 Å². The highest BCUT2D eigenvalue weighted by atomic mass is 16.5. The van der Waals surface area contributed by atoms with Crippen LogP contribution in [0.1, 0.15) is 16.7 Å². The number of aryl methyl sites for hydroxylation is 2. The number of benzene rings is 4. The molecule has 0 atom stereocenters. The van der Waals surface area contributed by atoms with E-state index < -0.39 is 0 Å². The molecular weight excluding hydrogens is 470 g/mol. The van der Waals surface area contributed by atoms with Gasteiger partial charge in [0.15, 0.2) is 0 Å². The molecule has 38 heavy (non-hydrogen) atoms. The number of nitrogens with one attached hydrogen (secondary N) is 3. The van der Waals surface area contributed by atoms with Crippen molar-refractivity contribution >= 4 is 39.7 Å². The van der Waals surface area contributed by atoms with E-state index in [1.165, 1.54) is 11.1 Å². The minimum Gasteiger partial charge on any atom is -0.496 e. The lowest BCUT2D eigenvalue weighted by Crippen LogP contribution is -2.31. The Kier molecular flexibility index (Phi) is 7.22. The molecule has 6 nitrogen and oxygen atoms in total. The highest BCUT2D eigenvalue weighted by molar-refractivity contribution is 6.09. The minimum atomic E-state index is 0.264. The topological polar surface area (TPSA) is 73.3 Å². The minimum absolute atomic E-state index is 0.264. The van der Waals surface area contributed by atoms with E-state index in [9.17, 15) is 0 Å². The fraction of sp³-hybridized carbons (Fsp3) is 0.125. The average molecular weight is 502 g/mol. The maximum absolute atomic E-state index is 8.96. The van der Waals surface area contributed by atoms with Crippen molar-refractivity contribution in [3.63, 3.8) is 0 Å². The predicted molar refractivity (Wildman–Crippen MR) is 158 cm³/mol. The van der Waals surface area contributed by atoms with Crippen LogP contribution in [0, 0.1) is 19.3 Å². The van der Waals surface area contributed by atoms with Crippen LogP contribution in [0.15, 0.2) is 103 Å². The second kappa shape index (κ2) is 11.0. The molecule has 0 unspecified atom stereocenters. The summed E-state index contributed by atoms with van der Waals surface area (Å²) in [5.74, 6) is 1.91. The zero-order valence-electron chi connectivity index (χ0n) is 21.8. The Bertz CT molecular complexity index is 1520. The van der Waals surface area contributed by atoms with Crippen molar-refractivity contribution in [1.82, 2.24) is 4.98 Å². The first-order valence-corrected chi connectivity index (χ1v) is 12.6. The van der Waals surface area contributed by atoms with Gasteiger partial charge in [0.1, 0.15) is 11.6 Å². The number of guanidine groups is 1. The average Bonchev–Trinajstić information content (AvgIpc) is 2.94. The van der Waals surface area contributed by atoms with Crippen molar-refractivity contribution in [3.8, 4) is 5.75 Å². The number of fused-ring (bicyclic) bond motifs is 1. The first-order valence-electron chi connectivity index (χ1n) is 12.6. The summed E-state index contributed by atoms with van der Waals surface area (Å²) in [6, 6.07) is 34.3. The molecular formula is C32H31N5O. The third kappa shape index (κ3) is 5.60. The van der Waals surface area contributed by atoms with Gasteiger partial charge in [-0.25, -0.2) is 4.98 Å².